The first-order valence-corrected chi connectivity index (χ1v) is 8.90. The second kappa shape index (κ2) is 10.5. The number of rotatable bonds is 10. The first kappa shape index (κ1) is 22.3. The Balaban J connectivity index is 2.31. The van der Waals surface area contributed by atoms with Gasteiger partial charge in [-0.05, 0) is 37.6 Å². The van der Waals surface area contributed by atoms with E-state index in [1.165, 1.54) is 20.3 Å². The first-order valence-electron chi connectivity index (χ1n) is 8.90. The van der Waals surface area contributed by atoms with Crippen molar-refractivity contribution in [2.45, 2.75) is 13.8 Å². The van der Waals surface area contributed by atoms with Crippen LogP contribution in [-0.2, 0) is 9.47 Å². The third-order valence-electron chi connectivity index (χ3n) is 4.26. The summed E-state index contributed by atoms with van der Waals surface area (Å²) in [6.07, 6.45) is 3.04. The second-order valence-electron chi connectivity index (χ2n) is 6.20. The molecule has 0 atom stereocenters. The van der Waals surface area contributed by atoms with Crippen LogP contribution in [0.5, 0.6) is 23.0 Å². The van der Waals surface area contributed by atoms with Gasteiger partial charge in [0.25, 0.3) is 0 Å². The van der Waals surface area contributed by atoms with Gasteiger partial charge in [-0.25, -0.2) is 0 Å². The van der Waals surface area contributed by atoms with Gasteiger partial charge in [-0.2, -0.15) is 0 Å². The number of hydrogen-bond donors (Lipinski definition) is 1. The number of benzene rings is 2. The molecule has 2 aromatic carbocycles. The van der Waals surface area contributed by atoms with Gasteiger partial charge in [0.15, 0.2) is 19.4 Å². The molecule has 0 bridgehead atoms. The summed E-state index contributed by atoms with van der Waals surface area (Å²) >= 11 is 0. The maximum Gasteiger partial charge on any atom is 0.193 e. The lowest BCUT2D eigenvalue weighted by Gasteiger charge is -2.18. The molecule has 0 aliphatic heterocycles. The molecule has 7 nitrogen and oxygen atoms in total. The third-order valence-corrected chi connectivity index (χ3v) is 4.26. The summed E-state index contributed by atoms with van der Waals surface area (Å²) in [7, 11) is 4.49. The number of hydrogen-bond acceptors (Lipinski definition) is 7. The van der Waals surface area contributed by atoms with Crippen LogP contribution in [-0.4, -0.2) is 45.8 Å². The van der Waals surface area contributed by atoms with Crippen molar-refractivity contribution in [2.75, 3.05) is 34.9 Å². The van der Waals surface area contributed by atoms with Crippen LogP contribution in [0.15, 0.2) is 30.3 Å². The minimum Gasteiger partial charge on any atom is -0.507 e. The van der Waals surface area contributed by atoms with Gasteiger partial charge in [-0.1, -0.05) is 18.2 Å². The monoisotopic (exact) mass is 402 g/mol. The number of carbonyl (C=O) groups is 1. The van der Waals surface area contributed by atoms with Gasteiger partial charge in [-0.3, -0.25) is 4.79 Å². The summed E-state index contributed by atoms with van der Waals surface area (Å²) in [5, 5.41) is 10.6. The van der Waals surface area contributed by atoms with Crippen molar-refractivity contribution in [3.63, 3.8) is 0 Å². The minimum absolute atomic E-state index is 0.0154. The molecule has 0 spiro atoms. The predicted molar refractivity (Wildman–Crippen MR) is 109 cm³/mol. The molecule has 156 valence electrons. The lowest BCUT2D eigenvalue weighted by atomic mass is 9.98. The van der Waals surface area contributed by atoms with Crippen LogP contribution in [0, 0.1) is 13.8 Å². The van der Waals surface area contributed by atoms with Crippen LogP contribution in [0.1, 0.15) is 27.0 Å². The largest absolute Gasteiger partial charge is 0.507 e. The van der Waals surface area contributed by atoms with Gasteiger partial charge < -0.3 is 28.8 Å². The molecule has 29 heavy (non-hydrogen) atoms. The zero-order valence-corrected chi connectivity index (χ0v) is 17.3. The Morgan fingerprint density at radius 2 is 1.55 bits per heavy atom. The van der Waals surface area contributed by atoms with E-state index in [4.69, 9.17) is 23.7 Å². The third kappa shape index (κ3) is 5.28. The van der Waals surface area contributed by atoms with Gasteiger partial charge in [0, 0.05) is 25.3 Å². The SMILES string of the molecule is COCOc1ccc(/C=C/C(=O)c2c(O)c(C)c(OCOC)c(C)c2OC)cc1. The Hall–Kier alpha value is -3.03. The number of ether oxygens (including phenoxy) is 5. The molecular formula is C22H26O7. The fraction of sp³-hybridized carbons (Fsp3) is 0.318. The Morgan fingerprint density at radius 1 is 0.931 bits per heavy atom. The van der Waals surface area contributed by atoms with E-state index in [0.29, 0.717) is 22.6 Å². The summed E-state index contributed by atoms with van der Waals surface area (Å²) in [5.41, 5.74) is 1.94. The van der Waals surface area contributed by atoms with Gasteiger partial charge in [0.05, 0.1) is 7.11 Å². The van der Waals surface area contributed by atoms with Crippen molar-refractivity contribution in [1.29, 1.82) is 0 Å². The van der Waals surface area contributed by atoms with Crippen molar-refractivity contribution >= 4 is 11.9 Å². The topological polar surface area (TPSA) is 83.5 Å². The maximum absolute atomic E-state index is 12.8. The number of allylic oxidation sites excluding steroid dienone is 1. The summed E-state index contributed by atoms with van der Waals surface area (Å²) in [4.78, 5) is 12.8. The number of phenols is 1. The number of methoxy groups -OCH3 is 3. The molecule has 1 N–H and O–H groups in total. The van der Waals surface area contributed by atoms with Crippen LogP contribution in [0.2, 0.25) is 0 Å². The minimum atomic E-state index is -0.386. The highest BCUT2D eigenvalue weighted by Gasteiger charge is 2.24. The van der Waals surface area contributed by atoms with Crippen LogP contribution >= 0.6 is 0 Å². The van der Waals surface area contributed by atoms with E-state index in [2.05, 4.69) is 0 Å². The molecule has 0 saturated heterocycles. The summed E-state index contributed by atoms with van der Waals surface area (Å²) in [5.74, 6) is 0.776. The molecule has 2 rings (SSSR count). The van der Waals surface area contributed by atoms with Crippen molar-refractivity contribution in [2.24, 2.45) is 0 Å². The quantitative estimate of drug-likeness (QED) is 0.367. The van der Waals surface area contributed by atoms with Gasteiger partial charge in [0.1, 0.15) is 28.6 Å². The summed E-state index contributed by atoms with van der Waals surface area (Å²) in [6, 6.07) is 7.17. The van der Waals surface area contributed by atoms with Crippen LogP contribution in [0.25, 0.3) is 6.08 Å². The molecule has 0 unspecified atom stereocenters. The summed E-state index contributed by atoms with van der Waals surface area (Å²) in [6.45, 7) is 3.61. The number of aromatic hydroxyl groups is 1. The lowest BCUT2D eigenvalue weighted by Crippen LogP contribution is -2.08. The molecule has 0 saturated carbocycles. The Labute approximate surface area is 170 Å². The van der Waals surface area contributed by atoms with Crippen molar-refractivity contribution in [1.82, 2.24) is 0 Å². The van der Waals surface area contributed by atoms with Gasteiger partial charge in [0.2, 0.25) is 0 Å². The smallest absolute Gasteiger partial charge is 0.193 e. The zero-order valence-electron chi connectivity index (χ0n) is 17.3. The molecular weight excluding hydrogens is 376 g/mol. The average molecular weight is 402 g/mol. The maximum atomic E-state index is 12.8. The lowest BCUT2D eigenvalue weighted by molar-refractivity contribution is 0.0497. The van der Waals surface area contributed by atoms with E-state index >= 15 is 0 Å². The molecule has 0 amide bonds. The fourth-order valence-electron chi connectivity index (χ4n) is 2.85. The molecule has 7 heteroatoms. The van der Waals surface area contributed by atoms with E-state index in [-0.39, 0.29) is 36.4 Å². The predicted octanol–water partition coefficient (Wildman–Crippen LogP) is 3.88. The molecule has 0 aliphatic rings. The Morgan fingerprint density at radius 3 is 2.14 bits per heavy atom. The molecule has 2 aromatic rings. The highest BCUT2D eigenvalue weighted by molar-refractivity contribution is 6.11. The number of carbonyl (C=O) groups excluding carboxylic acids is 1. The average Bonchev–Trinajstić information content (AvgIpc) is 2.73. The highest BCUT2D eigenvalue weighted by atomic mass is 16.7. The van der Waals surface area contributed by atoms with E-state index in [9.17, 15) is 9.90 Å². The molecule has 0 radical (unpaired) electrons. The fourth-order valence-corrected chi connectivity index (χ4v) is 2.85. The van der Waals surface area contributed by atoms with Crippen molar-refractivity contribution < 1.29 is 33.6 Å². The number of ketones is 1. The Kier molecular flexibility index (Phi) is 8.06. The van der Waals surface area contributed by atoms with Crippen molar-refractivity contribution in [3.05, 3.63) is 52.6 Å². The van der Waals surface area contributed by atoms with E-state index in [1.54, 1.807) is 39.2 Å². The van der Waals surface area contributed by atoms with Crippen LogP contribution < -0.4 is 14.2 Å². The summed E-state index contributed by atoms with van der Waals surface area (Å²) < 4.78 is 26.0. The molecule has 0 heterocycles. The number of phenolic OH excluding ortho intramolecular Hbond substituents is 1. The van der Waals surface area contributed by atoms with Crippen LogP contribution in [0.4, 0.5) is 0 Å². The second-order valence-corrected chi connectivity index (χ2v) is 6.20. The van der Waals surface area contributed by atoms with Crippen molar-refractivity contribution in [3.8, 4) is 23.0 Å². The van der Waals surface area contributed by atoms with Gasteiger partial charge in [-0.15, -0.1) is 0 Å². The standard InChI is InChI=1S/C22H26O7/c1-14-20(24)19(22(27-5)15(2)21(14)29-13-26-4)18(23)11-8-16-6-9-17(10-7-16)28-12-25-3/h6-11,24H,12-13H2,1-5H3/b11-8+. The first-order chi connectivity index (χ1) is 13.9. The molecule has 0 aliphatic carbocycles. The molecule has 0 aromatic heterocycles. The zero-order chi connectivity index (χ0) is 21.4. The van der Waals surface area contributed by atoms with Crippen LogP contribution in [0.3, 0.4) is 0 Å². The normalized spacial score (nSPS) is 10.9. The van der Waals surface area contributed by atoms with Gasteiger partial charge >= 0.3 is 0 Å². The van der Waals surface area contributed by atoms with E-state index in [0.717, 1.165) is 5.56 Å². The highest BCUT2D eigenvalue weighted by Crippen LogP contribution is 2.42. The molecule has 0 fully saturated rings. The van der Waals surface area contributed by atoms with E-state index < -0.39 is 0 Å². The van der Waals surface area contributed by atoms with E-state index in [1.807, 2.05) is 12.1 Å². The Bertz CT molecular complexity index is 870.